The first-order valence-electron chi connectivity index (χ1n) is 6.22. The van der Waals surface area contributed by atoms with Crippen molar-refractivity contribution in [2.24, 2.45) is 5.92 Å². The van der Waals surface area contributed by atoms with E-state index in [1.807, 2.05) is 20.8 Å². The van der Waals surface area contributed by atoms with E-state index in [-0.39, 0.29) is 11.9 Å². The molecule has 0 aromatic rings. The van der Waals surface area contributed by atoms with Gasteiger partial charge in [-0.3, -0.25) is 0 Å². The van der Waals surface area contributed by atoms with Crippen molar-refractivity contribution in [2.75, 3.05) is 26.9 Å². The smallest absolute Gasteiger partial charge is 0.328 e. The minimum atomic E-state index is -0.623. The molecular weight excluding hydrogens is 236 g/mol. The molecule has 0 aliphatic carbocycles. The molecular formula is C12H24N2O4. The molecule has 0 aliphatic rings. The van der Waals surface area contributed by atoms with E-state index < -0.39 is 12.0 Å². The average Bonchev–Trinajstić information content (AvgIpc) is 2.34. The molecule has 0 radical (unpaired) electrons. The van der Waals surface area contributed by atoms with E-state index >= 15 is 0 Å². The minimum Gasteiger partial charge on any atom is -0.467 e. The fourth-order valence-corrected chi connectivity index (χ4v) is 1.34. The number of methoxy groups -OCH3 is 1. The van der Waals surface area contributed by atoms with Crippen LogP contribution >= 0.6 is 0 Å². The Morgan fingerprint density at radius 3 is 2.44 bits per heavy atom. The van der Waals surface area contributed by atoms with Crippen molar-refractivity contribution in [2.45, 2.75) is 33.2 Å². The number of esters is 1. The molecule has 0 rings (SSSR count). The molecule has 18 heavy (non-hydrogen) atoms. The van der Waals surface area contributed by atoms with Gasteiger partial charge in [0.2, 0.25) is 0 Å². The maximum atomic E-state index is 11.5. The topological polar surface area (TPSA) is 76.7 Å². The van der Waals surface area contributed by atoms with Gasteiger partial charge >= 0.3 is 12.0 Å². The number of hydrogen-bond donors (Lipinski definition) is 2. The Kier molecular flexibility index (Phi) is 9.00. The van der Waals surface area contributed by atoms with Crippen LogP contribution in [-0.2, 0) is 14.3 Å². The molecule has 0 saturated carbocycles. The molecule has 2 N–H and O–H groups in total. The number of carbonyl (C=O) groups is 2. The molecule has 0 aliphatic heterocycles. The quantitative estimate of drug-likeness (QED) is 0.502. The Bertz CT molecular complexity index is 256. The van der Waals surface area contributed by atoms with E-state index in [0.717, 1.165) is 6.42 Å². The highest BCUT2D eigenvalue weighted by molar-refractivity contribution is 5.83. The van der Waals surface area contributed by atoms with Gasteiger partial charge in [0, 0.05) is 19.8 Å². The summed E-state index contributed by atoms with van der Waals surface area (Å²) in [7, 11) is 1.30. The van der Waals surface area contributed by atoms with Crippen molar-refractivity contribution >= 4 is 12.0 Å². The van der Waals surface area contributed by atoms with Crippen molar-refractivity contribution < 1.29 is 19.1 Å². The van der Waals surface area contributed by atoms with E-state index in [2.05, 4.69) is 15.4 Å². The van der Waals surface area contributed by atoms with Gasteiger partial charge in [0.05, 0.1) is 7.11 Å². The van der Waals surface area contributed by atoms with Gasteiger partial charge in [0.15, 0.2) is 0 Å². The summed E-state index contributed by atoms with van der Waals surface area (Å²) >= 11 is 0. The lowest BCUT2D eigenvalue weighted by atomic mass is 10.1. The number of carbonyl (C=O) groups excluding carboxylic acids is 2. The zero-order valence-corrected chi connectivity index (χ0v) is 11.6. The van der Waals surface area contributed by atoms with Gasteiger partial charge < -0.3 is 20.1 Å². The van der Waals surface area contributed by atoms with E-state index in [1.54, 1.807) is 0 Å². The third kappa shape index (κ3) is 7.11. The summed E-state index contributed by atoms with van der Waals surface area (Å²) in [5.74, 6) is -0.457. The molecule has 0 spiro atoms. The van der Waals surface area contributed by atoms with Gasteiger partial charge in [-0.15, -0.1) is 0 Å². The van der Waals surface area contributed by atoms with Crippen molar-refractivity contribution in [3.8, 4) is 0 Å². The number of urea groups is 1. The summed E-state index contributed by atoms with van der Waals surface area (Å²) in [5.41, 5.74) is 0. The predicted molar refractivity (Wildman–Crippen MR) is 68.3 cm³/mol. The van der Waals surface area contributed by atoms with Gasteiger partial charge in [-0.1, -0.05) is 13.8 Å². The van der Waals surface area contributed by atoms with Crippen molar-refractivity contribution in [1.29, 1.82) is 0 Å². The highest BCUT2D eigenvalue weighted by Crippen LogP contribution is 2.03. The summed E-state index contributed by atoms with van der Waals surface area (Å²) < 4.78 is 9.78. The molecule has 106 valence electrons. The molecule has 0 heterocycles. The Morgan fingerprint density at radius 2 is 1.94 bits per heavy atom. The largest absolute Gasteiger partial charge is 0.467 e. The SMILES string of the molecule is CCOCCCNC(=O)NC(C(=O)OC)C(C)C. The number of amides is 2. The third-order valence-electron chi connectivity index (χ3n) is 2.36. The Hall–Kier alpha value is -1.30. The molecule has 0 saturated heterocycles. The van der Waals surface area contributed by atoms with E-state index in [9.17, 15) is 9.59 Å². The molecule has 6 heteroatoms. The summed E-state index contributed by atoms with van der Waals surface area (Å²) in [6.45, 7) is 7.40. The van der Waals surface area contributed by atoms with Crippen LogP contribution in [0.2, 0.25) is 0 Å². The van der Waals surface area contributed by atoms with Crippen LogP contribution in [0.4, 0.5) is 4.79 Å². The second-order valence-electron chi connectivity index (χ2n) is 4.20. The zero-order chi connectivity index (χ0) is 14.0. The summed E-state index contributed by atoms with van der Waals surface area (Å²) in [5, 5.41) is 5.26. The first-order chi connectivity index (χ1) is 8.52. The van der Waals surface area contributed by atoms with Gasteiger partial charge in [-0.25, -0.2) is 9.59 Å². The number of hydrogen-bond acceptors (Lipinski definition) is 4. The minimum absolute atomic E-state index is 0.0216. The van der Waals surface area contributed by atoms with Crippen molar-refractivity contribution in [1.82, 2.24) is 10.6 Å². The maximum absolute atomic E-state index is 11.5. The highest BCUT2D eigenvalue weighted by Gasteiger charge is 2.24. The number of nitrogens with one attached hydrogen (secondary N) is 2. The second-order valence-corrected chi connectivity index (χ2v) is 4.20. The first kappa shape index (κ1) is 16.7. The fourth-order valence-electron chi connectivity index (χ4n) is 1.34. The normalized spacial score (nSPS) is 12.1. The monoisotopic (exact) mass is 260 g/mol. The van der Waals surface area contributed by atoms with Crippen LogP contribution < -0.4 is 10.6 Å². The molecule has 2 amide bonds. The Labute approximate surface area is 108 Å². The number of ether oxygens (including phenoxy) is 2. The third-order valence-corrected chi connectivity index (χ3v) is 2.36. The zero-order valence-electron chi connectivity index (χ0n) is 11.6. The van der Waals surface area contributed by atoms with Crippen molar-refractivity contribution in [3.63, 3.8) is 0 Å². The lowest BCUT2D eigenvalue weighted by molar-refractivity contribution is -0.143. The van der Waals surface area contributed by atoms with Crippen molar-refractivity contribution in [3.05, 3.63) is 0 Å². The van der Waals surface area contributed by atoms with Gasteiger partial charge in [-0.2, -0.15) is 0 Å². The molecule has 0 aromatic carbocycles. The molecule has 1 atom stereocenters. The van der Waals surface area contributed by atoms with Crippen LogP contribution in [0.1, 0.15) is 27.2 Å². The van der Waals surface area contributed by atoms with Crippen LogP contribution in [0, 0.1) is 5.92 Å². The Balaban J connectivity index is 3.92. The van der Waals surface area contributed by atoms with Crippen LogP contribution in [0.3, 0.4) is 0 Å². The molecule has 0 aromatic heterocycles. The predicted octanol–water partition coefficient (Wildman–Crippen LogP) is 0.910. The number of rotatable bonds is 8. The summed E-state index contributed by atoms with van der Waals surface area (Å²) in [6.07, 6.45) is 0.742. The van der Waals surface area contributed by atoms with Crippen LogP contribution in [-0.4, -0.2) is 44.9 Å². The first-order valence-corrected chi connectivity index (χ1v) is 6.22. The molecule has 0 fully saturated rings. The van der Waals surface area contributed by atoms with Gasteiger partial charge in [0.1, 0.15) is 6.04 Å². The van der Waals surface area contributed by atoms with Crippen LogP contribution in [0.25, 0.3) is 0 Å². The lowest BCUT2D eigenvalue weighted by Gasteiger charge is -2.20. The average molecular weight is 260 g/mol. The molecule has 1 unspecified atom stereocenters. The van der Waals surface area contributed by atoms with E-state index in [1.165, 1.54) is 7.11 Å². The van der Waals surface area contributed by atoms with E-state index in [0.29, 0.717) is 19.8 Å². The molecule has 0 bridgehead atoms. The van der Waals surface area contributed by atoms with E-state index in [4.69, 9.17) is 4.74 Å². The summed E-state index contributed by atoms with van der Waals surface area (Å²) in [4.78, 5) is 23.0. The fraction of sp³-hybridized carbons (Fsp3) is 0.833. The summed E-state index contributed by atoms with van der Waals surface area (Å²) in [6, 6.07) is -0.988. The van der Waals surface area contributed by atoms with Gasteiger partial charge in [0.25, 0.3) is 0 Å². The second kappa shape index (κ2) is 9.70. The van der Waals surface area contributed by atoms with Gasteiger partial charge in [-0.05, 0) is 19.3 Å². The van der Waals surface area contributed by atoms with Crippen LogP contribution in [0.15, 0.2) is 0 Å². The maximum Gasteiger partial charge on any atom is 0.328 e. The Morgan fingerprint density at radius 1 is 1.28 bits per heavy atom. The standard InChI is InChI=1S/C12H24N2O4/c1-5-18-8-6-7-13-12(16)14-10(9(2)3)11(15)17-4/h9-10H,5-8H2,1-4H3,(H2,13,14,16). The lowest BCUT2D eigenvalue weighted by Crippen LogP contribution is -2.49. The van der Waals surface area contributed by atoms with Crippen LogP contribution in [0.5, 0.6) is 0 Å². The molecule has 6 nitrogen and oxygen atoms in total. The highest BCUT2D eigenvalue weighted by atomic mass is 16.5.